The fourth-order valence-electron chi connectivity index (χ4n) is 3.15. The van der Waals surface area contributed by atoms with Crippen molar-refractivity contribution in [3.05, 3.63) is 78.5 Å². The molecule has 1 unspecified atom stereocenters. The highest BCUT2D eigenvalue weighted by Crippen LogP contribution is 2.39. The summed E-state index contributed by atoms with van der Waals surface area (Å²) in [5.74, 6) is 0.539. The third-order valence-electron chi connectivity index (χ3n) is 4.50. The lowest BCUT2D eigenvalue weighted by molar-refractivity contribution is 0.0756. The summed E-state index contributed by atoms with van der Waals surface area (Å²) in [5.41, 5.74) is 2.12. The van der Waals surface area contributed by atoms with E-state index >= 15 is 0 Å². The van der Waals surface area contributed by atoms with Crippen molar-refractivity contribution in [2.75, 3.05) is 12.3 Å². The van der Waals surface area contributed by atoms with Crippen LogP contribution in [0.25, 0.3) is 11.0 Å². The molecule has 4 rings (SSSR count). The van der Waals surface area contributed by atoms with Crippen molar-refractivity contribution in [2.45, 2.75) is 12.3 Å². The van der Waals surface area contributed by atoms with Gasteiger partial charge in [-0.3, -0.25) is 4.79 Å². The van der Waals surface area contributed by atoms with Gasteiger partial charge >= 0.3 is 5.63 Å². The van der Waals surface area contributed by atoms with Crippen LogP contribution in [0.15, 0.2) is 60.6 Å². The molecule has 138 valence electrons. The van der Waals surface area contributed by atoms with Crippen LogP contribution in [0.1, 0.15) is 26.9 Å². The molecule has 2 heterocycles. The highest BCUT2D eigenvalue weighted by molar-refractivity contribution is 9.11. The van der Waals surface area contributed by atoms with Gasteiger partial charge in [0, 0.05) is 22.2 Å². The van der Waals surface area contributed by atoms with Crippen LogP contribution in [-0.4, -0.2) is 23.1 Å². The molecular weight excluding hydrogens is 494 g/mol. The first kappa shape index (κ1) is 18.8. The first-order valence-electron chi connectivity index (χ1n) is 8.36. The average molecular weight is 509 g/mol. The van der Waals surface area contributed by atoms with E-state index in [9.17, 15) is 9.59 Å². The summed E-state index contributed by atoms with van der Waals surface area (Å²) in [5, 5.41) is 0.598. The van der Waals surface area contributed by atoms with Crippen molar-refractivity contribution in [2.24, 2.45) is 0 Å². The maximum atomic E-state index is 13.2. The number of hydrogen-bond acceptors (Lipinski definition) is 4. The van der Waals surface area contributed by atoms with Gasteiger partial charge < -0.3 is 9.32 Å². The standard InChI is InChI=1S/C20H15Br2NO3S/c1-11-2-4-12(5-3-11)19-23(6-7-27-19)18(24)15-9-13-8-14(21)10-16(22)17(13)26-20(15)25/h2-5,8-10,19H,6-7H2,1H3. The van der Waals surface area contributed by atoms with Gasteiger partial charge in [-0.2, -0.15) is 0 Å². The fourth-order valence-corrected chi connectivity index (χ4v) is 5.74. The van der Waals surface area contributed by atoms with Crippen LogP contribution in [0.4, 0.5) is 0 Å². The summed E-state index contributed by atoms with van der Waals surface area (Å²) >= 11 is 8.53. The molecule has 4 nitrogen and oxygen atoms in total. The lowest BCUT2D eigenvalue weighted by Gasteiger charge is -2.24. The Morgan fingerprint density at radius 3 is 2.67 bits per heavy atom. The molecule has 2 aromatic carbocycles. The minimum Gasteiger partial charge on any atom is -0.421 e. The first-order chi connectivity index (χ1) is 12.9. The molecule has 1 fully saturated rings. The smallest absolute Gasteiger partial charge is 0.349 e. The minimum absolute atomic E-state index is 0.0621. The number of rotatable bonds is 2. The number of aryl methyl sites for hydroxylation is 1. The van der Waals surface area contributed by atoms with E-state index in [2.05, 4.69) is 31.9 Å². The maximum Gasteiger partial charge on any atom is 0.349 e. The van der Waals surface area contributed by atoms with E-state index in [4.69, 9.17) is 4.42 Å². The number of halogens is 2. The van der Waals surface area contributed by atoms with E-state index in [1.54, 1.807) is 28.8 Å². The van der Waals surface area contributed by atoms with Crippen LogP contribution in [0, 0.1) is 6.92 Å². The molecule has 0 radical (unpaired) electrons. The zero-order chi connectivity index (χ0) is 19.1. The van der Waals surface area contributed by atoms with Gasteiger partial charge in [-0.25, -0.2) is 4.79 Å². The number of carbonyl (C=O) groups excluding carboxylic acids is 1. The molecule has 7 heteroatoms. The van der Waals surface area contributed by atoms with Crippen LogP contribution < -0.4 is 5.63 Å². The SMILES string of the molecule is Cc1ccc(C2SCCN2C(=O)c2cc3cc(Br)cc(Br)c3oc2=O)cc1. The third-order valence-corrected chi connectivity index (χ3v) is 6.80. The second-order valence-electron chi connectivity index (χ2n) is 6.39. The number of thioether (sulfide) groups is 1. The quantitative estimate of drug-likeness (QED) is 0.428. The summed E-state index contributed by atoms with van der Waals surface area (Å²) in [6.07, 6.45) is 0. The number of amides is 1. The summed E-state index contributed by atoms with van der Waals surface area (Å²) in [7, 11) is 0. The number of nitrogens with zero attached hydrogens (tertiary/aromatic N) is 1. The molecule has 0 N–H and O–H groups in total. The highest BCUT2D eigenvalue weighted by Gasteiger charge is 2.33. The van der Waals surface area contributed by atoms with Gasteiger partial charge in [-0.1, -0.05) is 45.8 Å². The molecule has 1 aromatic heterocycles. The Kier molecular flexibility index (Phi) is 5.18. The van der Waals surface area contributed by atoms with Crippen molar-refractivity contribution < 1.29 is 9.21 Å². The van der Waals surface area contributed by atoms with Gasteiger partial charge in [0.2, 0.25) is 0 Å². The number of benzene rings is 2. The topological polar surface area (TPSA) is 50.5 Å². The van der Waals surface area contributed by atoms with E-state index in [-0.39, 0.29) is 16.8 Å². The summed E-state index contributed by atoms with van der Waals surface area (Å²) < 4.78 is 6.94. The molecular formula is C20H15Br2NO3S. The van der Waals surface area contributed by atoms with Crippen molar-refractivity contribution in [3.8, 4) is 0 Å². The van der Waals surface area contributed by atoms with E-state index in [1.165, 1.54) is 5.56 Å². The maximum absolute atomic E-state index is 13.2. The zero-order valence-electron chi connectivity index (χ0n) is 14.4. The van der Waals surface area contributed by atoms with Crippen molar-refractivity contribution in [3.63, 3.8) is 0 Å². The van der Waals surface area contributed by atoms with Crippen LogP contribution >= 0.6 is 43.6 Å². The summed E-state index contributed by atoms with van der Waals surface area (Å²) in [4.78, 5) is 27.4. The second kappa shape index (κ2) is 7.45. The van der Waals surface area contributed by atoms with Crippen LogP contribution in [0.5, 0.6) is 0 Å². The lowest BCUT2D eigenvalue weighted by atomic mass is 10.1. The van der Waals surface area contributed by atoms with Crippen molar-refractivity contribution in [1.82, 2.24) is 4.90 Å². The molecule has 1 amide bonds. The van der Waals surface area contributed by atoms with Gasteiger partial charge in [0.05, 0.1) is 4.47 Å². The molecule has 1 atom stereocenters. The first-order valence-corrected chi connectivity index (χ1v) is 11.0. The summed E-state index contributed by atoms with van der Waals surface area (Å²) in [6.45, 7) is 2.63. The van der Waals surface area contributed by atoms with Crippen LogP contribution in [0.2, 0.25) is 0 Å². The Labute approximate surface area is 177 Å². The second-order valence-corrected chi connectivity index (χ2v) is 9.34. The minimum atomic E-state index is -0.616. The van der Waals surface area contributed by atoms with Crippen LogP contribution in [0.3, 0.4) is 0 Å². The molecule has 0 aliphatic carbocycles. The Hall–Kier alpha value is -1.57. The fraction of sp³-hybridized carbons (Fsp3) is 0.200. The molecule has 0 bridgehead atoms. The number of fused-ring (bicyclic) bond motifs is 1. The molecule has 1 aliphatic rings. The Morgan fingerprint density at radius 1 is 1.19 bits per heavy atom. The monoisotopic (exact) mass is 507 g/mol. The molecule has 1 aliphatic heterocycles. The number of hydrogen-bond donors (Lipinski definition) is 0. The Balaban J connectivity index is 1.74. The molecule has 0 saturated carbocycles. The predicted octanol–water partition coefficient (Wildman–Crippen LogP) is 5.51. The largest absolute Gasteiger partial charge is 0.421 e. The van der Waals surface area contributed by atoms with Gasteiger partial charge in [0.25, 0.3) is 5.91 Å². The van der Waals surface area contributed by atoms with E-state index in [0.717, 1.165) is 15.8 Å². The predicted molar refractivity (Wildman–Crippen MR) is 115 cm³/mol. The Morgan fingerprint density at radius 2 is 1.93 bits per heavy atom. The lowest BCUT2D eigenvalue weighted by Crippen LogP contribution is -2.33. The number of carbonyl (C=O) groups is 1. The van der Waals surface area contributed by atoms with Gasteiger partial charge in [0.1, 0.15) is 10.9 Å². The van der Waals surface area contributed by atoms with E-state index < -0.39 is 5.63 Å². The Bertz CT molecular complexity index is 1090. The normalized spacial score (nSPS) is 16.9. The average Bonchev–Trinajstić information content (AvgIpc) is 3.11. The van der Waals surface area contributed by atoms with Gasteiger partial charge in [-0.05, 0) is 46.6 Å². The van der Waals surface area contributed by atoms with Crippen LogP contribution in [-0.2, 0) is 0 Å². The third kappa shape index (κ3) is 3.60. The molecule has 1 saturated heterocycles. The van der Waals surface area contributed by atoms with E-state index in [0.29, 0.717) is 22.0 Å². The zero-order valence-corrected chi connectivity index (χ0v) is 18.4. The molecule has 3 aromatic rings. The highest BCUT2D eigenvalue weighted by atomic mass is 79.9. The van der Waals surface area contributed by atoms with Gasteiger partial charge in [0.15, 0.2) is 5.58 Å². The van der Waals surface area contributed by atoms with Crippen molar-refractivity contribution >= 4 is 60.5 Å². The van der Waals surface area contributed by atoms with E-state index in [1.807, 2.05) is 37.3 Å². The van der Waals surface area contributed by atoms with Gasteiger partial charge in [-0.15, -0.1) is 11.8 Å². The summed E-state index contributed by atoms with van der Waals surface area (Å²) in [6, 6.07) is 13.4. The molecule has 0 spiro atoms. The molecule has 27 heavy (non-hydrogen) atoms. The van der Waals surface area contributed by atoms with Crippen molar-refractivity contribution in [1.29, 1.82) is 0 Å².